The maximum Gasteiger partial charge on any atom is 0.494 e. The Hall–Kier alpha value is -2.18. The zero-order valence-electron chi connectivity index (χ0n) is 15.3. The van der Waals surface area contributed by atoms with Gasteiger partial charge in [0.2, 0.25) is 0 Å². The van der Waals surface area contributed by atoms with Crippen molar-refractivity contribution in [3.05, 3.63) is 43.1 Å². The first-order chi connectivity index (χ1) is 11.8. The van der Waals surface area contributed by atoms with Crippen molar-refractivity contribution in [3.8, 4) is 11.1 Å². The van der Waals surface area contributed by atoms with Crippen LogP contribution in [0.2, 0.25) is 0 Å². The van der Waals surface area contributed by atoms with Crippen LogP contribution in [-0.2, 0) is 16.4 Å². The topological polar surface area (TPSA) is 49.2 Å². The van der Waals surface area contributed by atoms with E-state index < -0.39 is 0 Å². The number of hydrogen-bond acceptors (Lipinski definition) is 4. The van der Waals surface area contributed by atoms with Crippen LogP contribution < -0.4 is 5.46 Å². The maximum absolute atomic E-state index is 6.20. The van der Waals surface area contributed by atoms with Crippen molar-refractivity contribution < 1.29 is 9.31 Å². The molecule has 6 heteroatoms. The van der Waals surface area contributed by atoms with Gasteiger partial charge in [-0.25, -0.2) is 9.97 Å². The van der Waals surface area contributed by atoms with E-state index in [1.165, 1.54) is 0 Å². The van der Waals surface area contributed by atoms with Crippen molar-refractivity contribution in [2.24, 2.45) is 7.05 Å². The van der Waals surface area contributed by atoms with Gasteiger partial charge in [-0.3, -0.25) is 0 Å². The van der Waals surface area contributed by atoms with Gasteiger partial charge in [0.1, 0.15) is 6.33 Å². The smallest absolute Gasteiger partial charge is 0.399 e. The molecule has 1 aliphatic rings. The van der Waals surface area contributed by atoms with Gasteiger partial charge in [0.05, 0.1) is 11.2 Å². The Morgan fingerprint density at radius 2 is 1.64 bits per heavy atom. The highest BCUT2D eigenvalue weighted by Crippen LogP contribution is 2.37. The number of rotatable bonds is 2. The molecule has 1 aliphatic heterocycles. The number of hydrogen-bond donors (Lipinski definition) is 0. The Balaban J connectivity index is 1.81. The summed E-state index contributed by atoms with van der Waals surface area (Å²) in [5, 5.41) is 1.14. The average Bonchev–Trinajstić information content (AvgIpc) is 3.01. The molecule has 2 aromatic heterocycles. The maximum atomic E-state index is 6.20. The lowest BCUT2D eigenvalue weighted by Crippen LogP contribution is -2.41. The molecule has 3 heterocycles. The fourth-order valence-electron chi connectivity index (χ4n) is 3.20. The van der Waals surface area contributed by atoms with Gasteiger partial charge >= 0.3 is 7.12 Å². The summed E-state index contributed by atoms with van der Waals surface area (Å²) in [6.07, 6.45) is 7.33. The van der Waals surface area contributed by atoms with E-state index in [4.69, 9.17) is 9.31 Å². The van der Waals surface area contributed by atoms with Crippen LogP contribution in [0.3, 0.4) is 0 Å². The molecule has 0 unspecified atom stereocenters. The van der Waals surface area contributed by atoms with E-state index in [1.54, 1.807) is 6.33 Å². The predicted octanol–water partition coefficient (Wildman–Crippen LogP) is 2.93. The van der Waals surface area contributed by atoms with Gasteiger partial charge in [0.15, 0.2) is 0 Å². The Morgan fingerprint density at radius 1 is 1.00 bits per heavy atom. The van der Waals surface area contributed by atoms with Gasteiger partial charge in [-0.15, -0.1) is 0 Å². The summed E-state index contributed by atoms with van der Waals surface area (Å²) in [4.78, 5) is 8.29. The first-order valence-corrected chi connectivity index (χ1v) is 8.48. The van der Waals surface area contributed by atoms with Gasteiger partial charge in [-0.2, -0.15) is 0 Å². The molecule has 0 spiro atoms. The minimum Gasteiger partial charge on any atom is -0.399 e. The Morgan fingerprint density at radius 3 is 2.28 bits per heavy atom. The van der Waals surface area contributed by atoms with E-state index >= 15 is 0 Å². The summed E-state index contributed by atoms with van der Waals surface area (Å²) in [6, 6.07) is 6.35. The van der Waals surface area contributed by atoms with Crippen LogP contribution in [-0.4, -0.2) is 32.9 Å². The van der Waals surface area contributed by atoms with Crippen molar-refractivity contribution in [2.45, 2.75) is 38.9 Å². The van der Waals surface area contributed by atoms with E-state index in [-0.39, 0.29) is 18.3 Å². The third-order valence-corrected chi connectivity index (χ3v) is 5.41. The molecule has 0 N–H and O–H groups in total. The molecule has 5 nitrogen and oxygen atoms in total. The predicted molar refractivity (Wildman–Crippen MR) is 99.7 cm³/mol. The van der Waals surface area contributed by atoms with Crippen LogP contribution in [0.15, 0.2) is 43.1 Å². The van der Waals surface area contributed by atoms with Gasteiger partial charge in [-0.1, -0.05) is 12.1 Å². The molecule has 4 rings (SSSR count). The number of fused-ring (bicyclic) bond motifs is 1. The average molecular weight is 335 g/mol. The van der Waals surface area contributed by atoms with Crippen LogP contribution in [0.4, 0.5) is 0 Å². The molecule has 0 bridgehead atoms. The summed E-state index contributed by atoms with van der Waals surface area (Å²) in [7, 11) is 1.68. The lowest BCUT2D eigenvalue weighted by Gasteiger charge is -2.32. The van der Waals surface area contributed by atoms with Crippen molar-refractivity contribution in [1.29, 1.82) is 0 Å². The molecule has 128 valence electrons. The zero-order valence-corrected chi connectivity index (χ0v) is 15.3. The zero-order chi connectivity index (χ0) is 17.8. The highest BCUT2D eigenvalue weighted by molar-refractivity contribution is 6.62. The van der Waals surface area contributed by atoms with E-state index in [9.17, 15) is 0 Å². The molecule has 1 fully saturated rings. The molecule has 0 amide bonds. The highest BCUT2D eigenvalue weighted by Gasteiger charge is 2.51. The minimum atomic E-state index is -0.366. The summed E-state index contributed by atoms with van der Waals surface area (Å²) in [5.74, 6) is 0. The minimum absolute atomic E-state index is 0.348. The van der Waals surface area contributed by atoms with E-state index in [2.05, 4.69) is 66.6 Å². The molecule has 25 heavy (non-hydrogen) atoms. The quantitative estimate of drug-likeness (QED) is 0.676. The summed E-state index contributed by atoms with van der Waals surface area (Å²) < 4.78 is 14.5. The number of aromatic nitrogens is 3. The second kappa shape index (κ2) is 5.41. The highest BCUT2D eigenvalue weighted by atomic mass is 16.7. The summed E-state index contributed by atoms with van der Waals surface area (Å²) in [6.45, 7) is 8.28. The lowest BCUT2D eigenvalue weighted by atomic mass is 9.78. The van der Waals surface area contributed by atoms with Crippen LogP contribution in [0.25, 0.3) is 22.0 Å². The van der Waals surface area contributed by atoms with Crippen LogP contribution in [0.5, 0.6) is 0 Å². The van der Waals surface area contributed by atoms with E-state index in [0.717, 1.165) is 27.5 Å². The number of benzene rings is 1. The van der Waals surface area contributed by atoms with Crippen LogP contribution in [0.1, 0.15) is 27.7 Å². The molecule has 0 aliphatic carbocycles. The monoisotopic (exact) mass is 335 g/mol. The van der Waals surface area contributed by atoms with Gasteiger partial charge < -0.3 is 13.9 Å². The van der Waals surface area contributed by atoms with Crippen molar-refractivity contribution in [2.75, 3.05) is 0 Å². The second-order valence-corrected chi connectivity index (χ2v) is 7.65. The molecule has 3 aromatic rings. The molecule has 1 saturated heterocycles. The van der Waals surface area contributed by atoms with Crippen molar-refractivity contribution in [1.82, 2.24) is 14.5 Å². The Bertz CT molecular complexity index is 918. The van der Waals surface area contributed by atoms with Gasteiger partial charge in [-0.05, 0) is 39.2 Å². The lowest BCUT2D eigenvalue weighted by molar-refractivity contribution is 0.00578. The summed E-state index contributed by atoms with van der Waals surface area (Å²) in [5.41, 5.74) is 3.59. The molecule has 0 radical (unpaired) electrons. The summed E-state index contributed by atoms with van der Waals surface area (Å²) >= 11 is 0. The first kappa shape index (κ1) is 16.3. The number of nitrogens with zero attached hydrogens (tertiary/aromatic N) is 3. The Kier molecular flexibility index (Phi) is 3.53. The van der Waals surface area contributed by atoms with E-state index in [0.29, 0.717) is 0 Å². The number of aryl methyl sites for hydroxylation is 1. The molecular formula is C19H22BN3O2. The Labute approximate surface area is 148 Å². The van der Waals surface area contributed by atoms with Gasteiger partial charge in [0.25, 0.3) is 0 Å². The van der Waals surface area contributed by atoms with Crippen molar-refractivity contribution >= 4 is 23.5 Å². The van der Waals surface area contributed by atoms with E-state index in [1.807, 2.05) is 19.4 Å². The third-order valence-electron chi connectivity index (χ3n) is 5.41. The fourth-order valence-corrected chi connectivity index (χ4v) is 3.20. The molecular weight excluding hydrogens is 313 g/mol. The third kappa shape index (κ3) is 2.57. The van der Waals surface area contributed by atoms with Crippen molar-refractivity contribution in [3.63, 3.8) is 0 Å². The SMILES string of the molecule is Cn1cc(-c2cncnc2)c2cc(B3OC(C)(C)C(C)(C)O3)ccc21. The van der Waals surface area contributed by atoms with Gasteiger partial charge in [0, 0.05) is 47.7 Å². The normalized spacial score (nSPS) is 18.8. The first-order valence-electron chi connectivity index (χ1n) is 8.48. The van der Waals surface area contributed by atoms with Crippen LogP contribution in [0, 0.1) is 0 Å². The van der Waals surface area contributed by atoms with Crippen LogP contribution >= 0.6 is 0 Å². The molecule has 0 saturated carbocycles. The second-order valence-electron chi connectivity index (χ2n) is 7.65. The molecule has 1 aromatic carbocycles. The largest absolute Gasteiger partial charge is 0.494 e. The fraction of sp³-hybridized carbons (Fsp3) is 0.368. The standard InChI is InChI=1S/C19H22BN3O2/c1-18(2)19(3,4)25-20(24-18)14-6-7-17-15(8-14)16(11-23(17)5)13-9-21-12-22-10-13/h6-12H,1-5H3. The molecule has 0 atom stereocenters.